The molecule has 0 spiro atoms. The van der Waals surface area contributed by atoms with Gasteiger partial charge in [-0.05, 0) is 43.4 Å². The molecule has 1 aliphatic rings. The van der Waals surface area contributed by atoms with Gasteiger partial charge in [0.1, 0.15) is 5.75 Å². The van der Waals surface area contributed by atoms with Crippen molar-refractivity contribution in [1.29, 1.82) is 0 Å². The third kappa shape index (κ3) is 2.90. The van der Waals surface area contributed by atoms with Crippen LogP contribution in [0.2, 0.25) is 5.02 Å². The fourth-order valence-corrected chi connectivity index (χ4v) is 2.12. The molecule has 0 amide bonds. The average molecular weight is 281 g/mol. The number of hydrogen-bond acceptors (Lipinski definition) is 2. The molecule has 0 saturated heterocycles. The van der Waals surface area contributed by atoms with Gasteiger partial charge in [0.25, 0.3) is 0 Å². The zero-order valence-electron chi connectivity index (χ0n) is 9.59. The van der Waals surface area contributed by atoms with E-state index in [0.29, 0.717) is 5.56 Å². The number of benzene rings is 1. The summed E-state index contributed by atoms with van der Waals surface area (Å²) in [6.45, 7) is 1.64. The predicted molar refractivity (Wildman–Crippen MR) is 60.4 cm³/mol. The summed E-state index contributed by atoms with van der Waals surface area (Å²) in [6.07, 6.45) is -2.96. The monoisotopic (exact) mass is 280 g/mol. The highest BCUT2D eigenvalue weighted by Crippen LogP contribution is 2.46. The molecule has 2 rings (SSSR count). The number of alkyl halides is 3. The normalized spacial score (nSPS) is 19.4. The Kier molecular flexibility index (Phi) is 3.23. The smallest absolute Gasteiger partial charge is 0.404 e. The van der Waals surface area contributed by atoms with E-state index in [9.17, 15) is 18.3 Å². The van der Waals surface area contributed by atoms with Gasteiger partial charge in [0.05, 0.1) is 10.6 Å². The summed E-state index contributed by atoms with van der Waals surface area (Å²) >= 11 is 5.73. The Morgan fingerprint density at radius 2 is 1.94 bits per heavy atom. The minimum atomic E-state index is -4.77. The van der Waals surface area contributed by atoms with Crippen LogP contribution in [0.15, 0.2) is 18.2 Å². The quantitative estimate of drug-likeness (QED) is 0.911. The van der Waals surface area contributed by atoms with Crippen molar-refractivity contribution in [3.05, 3.63) is 28.8 Å². The molecule has 18 heavy (non-hydrogen) atoms. The second-order valence-corrected chi connectivity index (χ2v) is 5.02. The van der Waals surface area contributed by atoms with Gasteiger partial charge >= 0.3 is 6.36 Å². The van der Waals surface area contributed by atoms with Crippen LogP contribution in [0.3, 0.4) is 0 Å². The van der Waals surface area contributed by atoms with E-state index in [1.165, 1.54) is 12.1 Å². The molecular formula is C12H12ClF3O2. The number of rotatable bonds is 3. The van der Waals surface area contributed by atoms with Gasteiger partial charge in [0.15, 0.2) is 0 Å². The molecular weight excluding hydrogens is 269 g/mol. The summed E-state index contributed by atoms with van der Waals surface area (Å²) in [4.78, 5) is 0. The van der Waals surface area contributed by atoms with E-state index in [1.807, 2.05) is 0 Å². The molecule has 2 nitrogen and oxygen atoms in total. The molecule has 1 unspecified atom stereocenters. The number of halogens is 4. The molecule has 1 saturated carbocycles. The minimum absolute atomic E-state index is 0.142. The number of hydrogen-bond donors (Lipinski definition) is 1. The third-order valence-electron chi connectivity index (χ3n) is 3.11. The maximum atomic E-state index is 12.1. The summed E-state index contributed by atoms with van der Waals surface area (Å²) < 4.78 is 40.0. The Balaban J connectivity index is 2.24. The van der Waals surface area contributed by atoms with E-state index in [4.69, 9.17) is 11.6 Å². The maximum absolute atomic E-state index is 12.1. The summed E-state index contributed by atoms with van der Waals surface area (Å²) in [5.74, 6) is -0.317. The summed E-state index contributed by atoms with van der Waals surface area (Å²) in [6, 6.07) is 3.86. The van der Waals surface area contributed by atoms with Crippen LogP contribution in [0.25, 0.3) is 0 Å². The van der Waals surface area contributed by atoms with Crippen LogP contribution in [0, 0.1) is 5.92 Å². The molecule has 6 heteroatoms. The number of ether oxygens (including phenoxy) is 1. The molecule has 1 atom stereocenters. The highest BCUT2D eigenvalue weighted by atomic mass is 35.5. The van der Waals surface area contributed by atoms with Crippen LogP contribution >= 0.6 is 11.6 Å². The summed E-state index contributed by atoms with van der Waals surface area (Å²) in [5.41, 5.74) is -0.551. The van der Waals surface area contributed by atoms with E-state index in [1.54, 1.807) is 6.92 Å². The average Bonchev–Trinajstić information content (AvgIpc) is 3.02. The SMILES string of the molecule is CC(O)(c1ccc(OC(F)(F)F)c(Cl)c1)C1CC1. The third-order valence-corrected chi connectivity index (χ3v) is 3.41. The van der Waals surface area contributed by atoms with Crippen molar-refractivity contribution >= 4 is 11.6 Å². The molecule has 1 aromatic rings. The van der Waals surface area contributed by atoms with Crippen LogP contribution in [0.4, 0.5) is 13.2 Å². The van der Waals surface area contributed by atoms with E-state index >= 15 is 0 Å². The summed E-state index contributed by atoms with van der Waals surface area (Å²) in [7, 11) is 0. The van der Waals surface area contributed by atoms with Crippen LogP contribution in [0.1, 0.15) is 25.3 Å². The largest absolute Gasteiger partial charge is 0.573 e. The first-order chi connectivity index (χ1) is 8.20. The lowest BCUT2D eigenvalue weighted by molar-refractivity contribution is -0.274. The van der Waals surface area contributed by atoms with E-state index in [2.05, 4.69) is 4.74 Å². The second-order valence-electron chi connectivity index (χ2n) is 4.61. The zero-order valence-corrected chi connectivity index (χ0v) is 10.3. The van der Waals surface area contributed by atoms with Crippen molar-refractivity contribution in [2.45, 2.75) is 31.7 Å². The van der Waals surface area contributed by atoms with Crippen molar-refractivity contribution in [1.82, 2.24) is 0 Å². The van der Waals surface area contributed by atoms with Crippen molar-refractivity contribution in [2.75, 3.05) is 0 Å². The lowest BCUT2D eigenvalue weighted by atomic mass is 9.91. The zero-order chi connectivity index (χ0) is 13.6. The van der Waals surface area contributed by atoms with Crippen LogP contribution in [0.5, 0.6) is 5.75 Å². The van der Waals surface area contributed by atoms with Gasteiger partial charge in [-0.2, -0.15) is 0 Å². The van der Waals surface area contributed by atoms with Crippen LogP contribution < -0.4 is 4.74 Å². The second kappa shape index (κ2) is 4.31. The maximum Gasteiger partial charge on any atom is 0.573 e. The highest BCUT2D eigenvalue weighted by molar-refractivity contribution is 6.32. The fourth-order valence-electron chi connectivity index (χ4n) is 1.90. The molecule has 1 fully saturated rings. The van der Waals surface area contributed by atoms with Gasteiger partial charge in [-0.3, -0.25) is 0 Å². The first-order valence-corrected chi connectivity index (χ1v) is 5.86. The lowest BCUT2D eigenvalue weighted by Crippen LogP contribution is -2.24. The molecule has 0 radical (unpaired) electrons. The van der Waals surface area contributed by atoms with Gasteiger partial charge in [-0.25, -0.2) is 0 Å². The molecule has 1 N–H and O–H groups in total. The Morgan fingerprint density at radius 3 is 2.39 bits per heavy atom. The van der Waals surface area contributed by atoms with Crippen molar-refractivity contribution < 1.29 is 23.0 Å². The standard InChI is InChI=1S/C12H12ClF3O2/c1-11(17,7-2-3-7)8-4-5-10(9(13)6-8)18-12(14,15)16/h4-7,17H,2-3H2,1H3. The molecule has 0 aliphatic heterocycles. The predicted octanol–water partition coefficient (Wildman–Crippen LogP) is 3.86. The fraction of sp³-hybridized carbons (Fsp3) is 0.500. The van der Waals surface area contributed by atoms with Crippen LogP contribution in [-0.2, 0) is 5.60 Å². The topological polar surface area (TPSA) is 29.5 Å². The first-order valence-electron chi connectivity index (χ1n) is 5.48. The van der Waals surface area contributed by atoms with Gasteiger partial charge in [-0.1, -0.05) is 17.7 Å². The number of aliphatic hydroxyl groups is 1. The van der Waals surface area contributed by atoms with E-state index in [-0.39, 0.29) is 10.9 Å². The molecule has 1 aromatic carbocycles. The van der Waals surface area contributed by atoms with E-state index < -0.39 is 17.7 Å². The molecule has 0 aromatic heterocycles. The Morgan fingerprint density at radius 1 is 1.33 bits per heavy atom. The molecule has 100 valence electrons. The van der Waals surface area contributed by atoms with Gasteiger partial charge in [0.2, 0.25) is 0 Å². The Labute approximate surface area is 107 Å². The van der Waals surface area contributed by atoms with Crippen LogP contribution in [-0.4, -0.2) is 11.5 Å². The minimum Gasteiger partial charge on any atom is -0.404 e. The van der Waals surface area contributed by atoms with Crippen molar-refractivity contribution in [3.63, 3.8) is 0 Å². The summed E-state index contributed by atoms with van der Waals surface area (Å²) in [5, 5.41) is 10.1. The first kappa shape index (κ1) is 13.5. The van der Waals surface area contributed by atoms with Crippen molar-refractivity contribution in [3.8, 4) is 5.75 Å². The lowest BCUT2D eigenvalue weighted by Gasteiger charge is -2.24. The van der Waals surface area contributed by atoms with Gasteiger partial charge in [0, 0.05) is 0 Å². The highest BCUT2D eigenvalue weighted by Gasteiger charge is 2.41. The Bertz CT molecular complexity index is 453. The van der Waals surface area contributed by atoms with Crippen molar-refractivity contribution in [2.24, 2.45) is 5.92 Å². The van der Waals surface area contributed by atoms with Gasteiger partial charge in [-0.15, -0.1) is 13.2 Å². The molecule has 1 aliphatic carbocycles. The molecule has 0 bridgehead atoms. The van der Waals surface area contributed by atoms with E-state index in [0.717, 1.165) is 18.9 Å². The molecule has 0 heterocycles. The Hall–Kier alpha value is -0.940. The van der Waals surface area contributed by atoms with Gasteiger partial charge < -0.3 is 9.84 Å².